The Morgan fingerprint density at radius 1 is 1.15 bits per heavy atom. The Labute approximate surface area is 194 Å². The Morgan fingerprint density at radius 3 is 2.70 bits per heavy atom. The van der Waals surface area contributed by atoms with Crippen LogP contribution in [0.4, 0.5) is 17.6 Å². The number of hydrogen-bond donors (Lipinski definition) is 4. The van der Waals surface area contributed by atoms with Crippen LogP contribution in [0.15, 0.2) is 30.6 Å². The molecule has 33 heavy (non-hydrogen) atoms. The van der Waals surface area contributed by atoms with E-state index in [-0.39, 0.29) is 6.04 Å². The molecule has 0 aromatic carbocycles. The average molecular weight is 449 g/mol. The minimum Gasteiger partial charge on any atom is -0.387 e. The molecule has 1 atom stereocenters. The fraction of sp³-hybridized carbons (Fsp3) is 0.500. The van der Waals surface area contributed by atoms with E-state index in [0.29, 0.717) is 34.3 Å². The van der Waals surface area contributed by atoms with Crippen molar-refractivity contribution >= 4 is 28.5 Å². The van der Waals surface area contributed by atoms with Crippen molar-refractivity contribution in [1.29, 1.82) is 0 Å². The molecule has 1 saturated carbocycles. The van der Waals surface area contributed by atoms with Crippen LogP contribution in [0.25, 0.3) is 10.9 Å². The Balaban J connectivity index is 1.31. The molecule has 0 bridgehead atoms. The zero-order valence-corrected chi connectivity index (χ0v) is 19.5. The minimum atomic E-state index is -0.668. The maximum atomic E-state index is 9.99. The van der Waals surface area contributed by atoms with Gasteiger partial charge in [0.05, 0.1) is 11.8 Å². The van der Waals surface area contributed by atoms with Gasteiger partial charge in [-0.15, -0.1) is 0 Å². The highest BCUT2D eigenvalue weighted by molar-refractivity contribution is 5.89. The lowest BCUT2D eigenvalue weighted by Gasteiger charge is -2.33. The SMILES string of the molecule is CC(C)Nc1nc([C@@H](C)O)cc2cnc(Nc3ccc(CN4CCNC5(CC5)C4)cn3)nc12. The van der Waals surface area contributed by atoms with E-state index in [9.17, 15) is 5.11 Å². The van der Waals surface area contributed by atoms with Gasteiger partial charge in [0.2, 0.25) is 5.95 Å². The molecule has 0 radical (unpaired) electrons. The third kappa shape index (κ3) is 5.05. The Kier molecular flexibility index (Phi) is 5.86. The molecular weight excluding hydrogens is 416 g/mol. The van der Waals surface area contributed by atoms with Crippen molar-refractivity contribution in [3.63, 3.8) is 0 Å². The van der Waals surface area contributed by atoms with Crippen LogP contribution >= 0.6 is 0 Å². The van der Waals surface area contributed by atoms with E-state index in [1.807, 2.05) is 32.2 Å². The minimum absolute atomic E-state index is 0.177. The fourth-order valence-corrected chi connectivity index (χ4v) is 4.34. The Morgan fingerprint density at radius 2 is 2.00 bits per heavy atom. The van der Waals surface area contributed by atoms with Gasteiger partial charge in [-0.25, -0.2) is 19.9 Å². The second-order valence-electron chi connectivity index (χ2n) is 9.60. The molecule has 3 aromatic rings. The van der Waals surface area contributed by atoms with Crippen LogP contribution < -0.4 is 16.0 Å². The van der Waals surface area contributed by atoms with E-state index in [0.717, 1.165) is 31.6 Å². The molecule has 1 aliphatic heterocycles. The first-order chi connectivity index (χ1) is 15.9. The second kappa shape index (κ2) is 8.81. The number of hydrogen-bond acceptors (Lipinski definition) is 9. The van der Waals surface area contributed by atoms with Crippen molar-refractivity contribution in [2.75, 3.05) is 30.3 Å². The summed E-state index contributed by atoms with van der Waals surface area (Å²) in [5, 5.41) is 21.0. The lowest BCUT2D eigenvalue weighted by molar-refractivity contribution is 0.182. The van der Waals surface area contributed by atoms with E-state index < -0.39 is 6.10 Å². The number of nitrogens with zero attached hydrogens (tertiary/aromatic N) is 5. The largest absolute Gasteiger partial charge is 0.387 e. The molecule has 1 aliphatic carbocycles. The first-order valence-corrected chi connectivity index (χ1v) is 11.7. The monoisotopic (exact) mass is 448 g/mol. The maximum Gasteiger partial charge on any atom is 0.229 e. The molecule has 9 heteroatoms. The van der Waals surface area contributed by atoms with Gasteiger partial charge in [-0.3, -0.25) is 4.90 Å². The van der Waals surface area contributed by atoms with Gasteiger partial charge in [0.15, 0.2) is 5.82 Å². The van der Waals surface area contributed by atoms with E-state index in [4.69, 9.17) is 0 Å². The number of anilines is 3. The summed E-state index contributed by atoms with van der Waals surface area (Å²) in [6.07, 6.45) is 5.59. The van der Waals surface area contributed by atoms with Crippen LogP contribution in [0.3, 0.4) is 0 Å². The van der Waals surface area contributed by atoms with E-state index in [1.54, 1.807) is 13.1 Å². The molecule has 5 rings (SSSR count). The third-order valence-electron chi connectivity index (χ3n) is 6.22. The van der Waals surface area contributed by atoms with Crippen molar-refractivity contribution in [3.05, 3.63) is 41.9 Å². The summed E-state index contributed by atoms with van der Waals surface area (Å²) in [5.41, 5.74) is 2.88. The third-order valence-corrected chi connectivity index (χ3v) is 6.22. The number of rotatable bonds is 7. The van der Waals surface area contributed by atoms with Crippen LogP contribution in [0.5, 0.6) is 0 Å². The van der Waals surface area contributed by atoms with Crippen LogP contribution in [0, 0.1) is 0 Å². The van der Waals surface area contributed by atoms with Crippen LogP contribution in [-0.2, 0) is 6.54 Å². The maximum absolute atomic E-state index is 9.99. The molecule has 2 fully saturated rings. The number of aliphatic hydroxyl groups is 1. The molecule has 1 saturated heterocycles. The topological polar surface area (TPSA) is 111 Å². The van der Waals surface area contributed by atoms with Gasteiger partial charge in [-0.2, -0.15) is 0 Å². The van der Waals surface area contributed by atoms with Crippen LogP contribution in [0.1, 0.15) is 51.0 Å². The highest BCUT2D eigenvalue weighted by Crippen LogP contribution is 2.37. The lowest BCUT2D eigenvalue weighted by Crippen LogP contribution is -2.51. The molecule has 0 unspecified atom stereocenters. The summed E-state index contributed by atoms with van der Waals surface area (Å²) in [4.78, 5) is 20.8. The van der Waals surface area contributed by atoms with Crippen molar-refractivity contribution in [3.8, 4) is 0 Å². The van der Waals surface area contributed by atoms with E-state index in [2.05, 4.69) is 46.9 Å². The van der Waals surface area contributed by atoms with Gasteiger partial charge in [0.1, 0.15) is 11.3 Å². The zero-order valence-electron chi connectivity index (χ0n) is 19.5. The fourth-order valence-electron chi connectivity index (χ4n) is 4.34. The summed E-state index contributed by atoms with van der Waals surface area (Å²) >= 11 is 0. The van der Waals surface area contributed by atoms with Crippen molar-refractivity contribution in [1.82, 2.24) is 30.2 Å². The molecule has 174 valence electrons. The summed E-state index contributed by atoms with van der Waals surface area (Å²) in [6.45, 7) is 9.96. The zero-order chi connectivity index (χ0) is 23.0. The quantitative estimate of drug-likeness (QED) is 0.433. The van der Waals surface area contributed by atoms with Crippen molar-refractivity contribution < 1.29 is 5.11 Å². The number of pyridine rings is 2. The number of piperazine rings is 1. The molecule has 3 aromatic heterocycles. The predicted octanol–water partition coefficient (Wildman–Crippen LogP) is 2.97. The number of fused-ring (bicyclic) bond motifs is 1. The summed E-state index contributed by atoms with van der Waals surface area (Å²) in [6, 6.07) is 6.08. The highest BCUT2D eigenvalue weighted by atomic mass is 16.3. The van der Waals surface area contributed by atoms with Gasteiger partial charge in [0, 0.05) is 55.5 Å². The molecule has 4 heterocycles. The van der Waals surface area contributed by atoms with Gasteiger partial charge >= 0.3 is 0 Å². The number of nitrogens with one attached hydrogen (secondary N) is 3. The summed E-state index contributed by atoms with van der Waals surface area (Å²) in [7, 11) is 0. The normalized spacial score (nSPS) is 18.6. The van der Waals surface area contributed by atoms with Gasteiger partial charge in [-0.05, 0) is 51.3 Å². The van der Waals surface area contributed by atoms with Crippen molar-refractivity contribution in [2.45, 2.75) is 57.8 Å². The van der Waals surface area contributed by atoms with E-state index >= 15 is 0 Å². The Bertz CT molecular complexity index is 1130. The molecular formula is C24H32N8O. The summed E-state index contributed by atoms with van der Waals surface area (Å²) < 4.78 is 0. The van der Waals surface area contributed by atoms with E-state index in [1.165, 1.54) is 18.4 Å². The van der Waals surface area contributed by atoms with Crippen molar-refractivity contribution in [2.24, 2.45) is 0 Å². The number of aliphatic hydroxyl groups excluding tert-OH is 1. The molecule has 2 aliphatic rings. The second-order valence-corrected chi connectivity index (χ2v) is 9.60. The first kappa shape index (κ1) is 21.9. The molecule has 4 N–H and O–H groups in total. The van der Waals surface area contributed by atoms with Gasteiger partial charge in [-0.1, -0.05) is 6.07 Å². The van der Waals surface area contributed by atoms with Crippen LogP contribution in [0.2, 0.25) is 0 Å². The lowest BCUT2D eigenvalue weighted by atomic mass is 10.1. The Hall–Kier alpha value is -2.88. The number of aromatic nitrogens is 4. The van der Waals surface area contributed by atoms with Crippen LogP contribution in [-0.4, -0.2) is 61.2 Å². The smallest absolute Gasteiger partial charge is 0.229 e. The standard InChI is InChI=1S/C24H32N8O/c1-15(2)28-22-21-18(10-19(29-22)16(3)33)12-26-23(31-21)30-20-5-4-17(11-25-20)13-32-9-8-27-24(14-32)6-7-24/h4-5,10-12,15-16,27,33H,6-9,13-14H2,1-3H3,(H,28,29)(H,25,26,30,31)/t16-/m1/s1. The predicted molar refractivity (Wildman–Crippen MR) is 129 cm³/mol. The first-order valence-electron chi connectivity index (χ1n) is 11.7. The average Bonchev–Trinajstić information content (AvgIpc) is 3.53. The molecule has 1 spiro atoms. The molecule has 0 amide bonds. The molecule has 9 nitrogen and oxygen atoms in total. The summed E-state index contributed by atoms with van der Waals surface area (Å²) in [5.74, 6) is 1.79. The highest BCUT2D eigenvalue weighted by Gasteiger charge is 2.45. The van der Waals surface area contributed by atoms with Gasteiger partial charge < -0.3 is 21.1 Å². The van der Waals surface area contributed by atoms with Gasteiger partial charge in [0.25, 0.3) is 0 Å².